The minimum atomic E-state index is -0.589. The van der Waals surface area contributed by atoms with Crippen LogP contribution in [0.5, 0.6) is 0 Å². The van der Waals surface area contributed by atoms with Crippen LogP contribution >= 0.6 is 0 Å². The van der Waals surface area contributed by atoms with Crippen molar-refractivity contribution in [3.8, 4) is 0 Å². The molecule has 0 aromatic heterocycles. The molecular weight excluding hydrogens is 398 g/mol. The van der Waals surface area contributed by atoms with E-state index in [-0.39, 0.29) is 24.9 Å². The first kappa shape index (κ1) is 22.9. The Morgan fingerprint density at radius 2 is 1.72 bits per heavy atom. The topological polar surface area (TPSA) is 61.7 Å². The molecule has 0 radical (unpaired) electrons. The van der Waals surface area contributed by atoms with Crippen molar-refractivity contribution in [2.24, 2.45) is 5.92 Å². The lowest BCUT2D eigenvalue weighted by atomic mass is 9.93. The van der Waals surface area contributed by atoms with Gasteiger partial charge in [0.2, 0.25) is 0 Å². The Morgan fingerprint density at radius 3 is 2.47 bits per heavy atom. The van der Waals surface area contributed by atoms with E-state index in [2.05, 4.69) is 61.6 Å². The van der Waals surface area contributed by atoms with Crippen molar-refractivity contribution in [2.45, 2.75) is 57.5 Å². The van der Waals surface area contributed by atoms with Crippen LogP contribution in [0.25, 0.3) is 10.8 Å². The van der Waals surface area contributed by atoms with Crippen LogP contribution in [0.3, 0.4) is 0 Å². The molecule has 1 aliphatic rings. The number of hydrogen-bond donors (Lipinski definition) is 3. The third-order valence-corrected chi connectivity index (χ3v) is 6.33. The zero-order valence-electron chi connectivity index (χ0n) is 19.1. The summed E-state index contributed by atoms with van der Waals surface area (Å²) in [5, 5.41) is 26.3. The van der Waals surface area contributed by atoms with E-state index in [1.807, 2.05) is 24.3 Å². The quantitative estimate of drug-likeness (QED) is 0.408. The smallest absolute Gasteiger partial charge is 0.0898 e. The third-order valence-electron chi connectivity index (χ3n) is 6.33. The van der Waals surface area contributed by atoms with E-state index in [9.17, 15) is 10.2 Å². The van der Waals surface area contributed by atoms with Crippen molar-refractivity contribution in [3.05, 3.63) is 83.4 Å². The van der Waals surface area contributed by atoms with Crippen LogP contribution < -0.4 is 5.32 Å². The van der Waals surface area contributed by atoms with Crippen LogP contribution in [0.1, 0.15) is 49.5 Å². The lowest BCUT2D eigenvalue weighted by molar-refractivity contribution is -0.0218. The molecule has 0 saturated heterocycles. The summed E-state index contributed by atoms with van der Waals surface area (Å²) in [7, 11) is 0. The molecule has 3 aromatic carbocycles. The number of aliphatic hydroxyl groups excluding tert-OH is 2. The van der Waals surface area contributed by atoms with Gasteiger partial charge in [-0.2, -0.15) is 0 Å². The molecule has 3 aromatic rings. The van der Waals surface area contributed by atoms with Crippen LogP contribution in [-0.4, -0.2) is 35.0 Å². The minimum absolute atomic E-state index is 0.00975. The monoisotopic (exact) mass is 433 g/mol. The van der Waals surface area contributed by atoms with Crippen LogP contribution in [0.2, 0.25) is 0 Å². The molecule has 32 heavy (non-hydrogen) atoms. The molecule has 0 bridgehead atoms. The summed E-state index contributed by atoms with van der Waals surface area (Å²) in [5.41, 5.74) is 3.09. The zero-order valence-corrected chi connectivity index (χ0v) is 19.1. The number of hydrogen-bond acceptors (Lipinski definition) is 4. The molecule has 0 aliphatic heterocycles. The maximum absolute atomic E-state index is 10.6. The fraction of sp³-hybridized carbons (Fsp3) is 0.429. The number of rotatable bonds is 11. The molecule has 0 spiro atoms. The standard InChI is InChI=1S/C28H35NO3/c1-28(2,16-20-11-12-21-7-3-4-8-23(21)15-20)29-17-25(31)19-32-27(22-13-14-22)26-10-6-5-9-24(26)18-30/h3-12,15,22,25,27,29-31H,13-14,16-19H2,1-2H3/t25-,27+/m1/s1. The molecule has 0 unspecified atom stereocenters. The Kier molecular flexibility index (Phi) is 7.27. The van der Waals surface area contributed by atoms with Gasteiger partial charge in [0.15, 0.2) is 0 Å². The van der Waals surface area contributed by atoms with Crippen molar-refractivity contribution in [1.82, 2.24) is 5.32 Å². The maximum atomic E-state index is 10.6. The van der Waals surface area contributed by atoms with Gasteiger partial charge < -0.3 is 20.3 Å². The highest BCUT2D eigenvalue weighted by Crippen LogP contribution is 2.44. The highest BCUT2D eigenvalue weighted by atomic mass is 16.5. The van der Waals surface area contributed by atoms with Crippen molar-refractivity contribution in [2.75, 3.05) is 13.2 Å². The molecule has 1 saturated carbocycles. The Balaban J connectivity index is 1.30. The number of benzene rings is 3. The normalized spacial score (nSPS) is 16.2. The van der Waals surface area contributed by atoms with Gasteiger partial charge in [0.25, 0.3) is 0 Å². The average Bonchev–Trinajstić information content (AvgIpc) is 3.63. The van der Waals surface area contributed by atoms with Gasteiger partial charge in [0.05, 0.1) is 25.4 Å². The second-order valence-electron chi connectivity index (χ2n) is 9.73. The van der Waals surface area contributed by atoms with Crippen LogP contribution in [0.4, 0.5) is 0 Å². The first-order chi connectivity index (χ1) is 15.4. The zero-order chi connectivity index (χ0) is 22.6. The highest BCUT2D eigenvalue weighted by molar-refractivity contribution is 5.83. The number of fused-ring (bicyclic) bond motifs is 1. The first-order valence-corrected chi connectivity index (χ1v) is 11.7. The summed E-state index contributed by atoms with van der Waals surface area (Å²) in [6.45, 7) is 5.09. The van der Waals surface area contributed by atoms with Crippen molar-refractivity contribution < 1.29 is 14.9 Å². The SMILES string of the molecule is CC(C)(Cc1ccc2ccccc2c1)NC[C@@H](O)CO[C@H](c1ccccc1CO)C1CC1. The Bertz CT molecular complexity index is 1030. The van der Waals surface area contributed by atoms with Crippen LogP contribution in [0.15, 0.2) is 66.7 Å². The minimum Gasteiger partial charge on any atom is -0.392 e. The third kappa shape index (κ3) is 5.96. The summed E-state index contributed by atoms with van der Waals surface area (Å²) >= 11 is 0. The lowest BCUT2D eigenvalue weighted by Crippen LogP contribution is -2.46. The molecule has 1 aliphatic carbocycles. The summed E-state index contributed by atoms with van der Waals surface area (Å²) in [6, 6.07) is 22.9. The predicted molar refractivity (Wildman–Crippen MR) is 130 cm³/mol. The molecular formula is C28H35NO3. The van der Waals surface area contributed by atoms with Gasteiger partial charge in [-0.3, -0.25) is 0 Å². The van der Waals surface area contributed by atoms with E-state index in [0.29, 0.717) is 12.5 Å². The van der Waals surface area contributed by atoms with Gasteiger partial charge in [0.1, 0.15) is 0 Å². The van der Waals surface area contributed by atoms with Crippen molar-refractivity contribution >= 4 is 10.8 Å². The van der Waals surface area contributed by atoms with Gasteiger partial charge >= 0.3 is 0 Å². The number of ether oxygens (including phenoxy) is 1. The fourth-order valence-electron chi connectivity index (χ4n) is 4.42. The summed E-state index contributed by atoms with van der Waals surface area (Å²) in [6.07, 6.45) is 2.50. The van der Waals surface area contributed by atoms with Gasteiger partial charge in [-0.25, -0.2) is 0 Å². The van der Waals surface area contributed by atoms with E-state index >= 15 is 0 Å². The highest BCUT2D eigenvalue weighted by Gasteiger charge is 2.34. The Morgan fingerprint density at radius 1 is 1.00 bits per heavy atom. The largest absolute Gasteiger partial charge is 0.392 e. The predicted octanol–water partition coefficient (Wildman–Crippen LogP) is 4.77. The Hall–Kier alpha value is -2.24. The number of nitrogens with one attached hydrogen (secondary N) is 1. The van der Waals surface area contributed by atoms with E-state index in [1.54, 1.807) is 0 Å². The van der Waals surface area contributed by atoms with E-state index < -0.39 is 6.10 Å². The molecule has 4 nitrogen and oxygen atoms in total. The fourth-order valence-corrected chi connectivity index (χ4v) is 4.42. The van der Waals surface area contributed by atoms with Gasteiger partial charge in [-0.1, -0.05) is 66.7 Å². The summed E-state index contributed by atoms with van der Waals surface area (Å²) in [5.74, 6) is 0.479. The molecule has 0 amide bonds. The van der Waals surface area contributed by atoms with E-state index in [1.165, 1.54) is 16.3 Å². The van der Waals surface area contributed by atoms with Crippen molar-refractivity contribution in [1.29, 1.82) is 0 Å². The number of aliphatic hydroxyl groups is 2. The molecule has 1 fully saturated rings. The second kappa shape index (κ2) is 10.1. The molecule has 4 rings (SSSR count). The molecule has 4 heteroatoms. The van der Waals surface area contributed by atoms with Gasteiger partial charge in [0, 0.05) is 12.1 Å². The van der Waals surface area contributed by atoms with E-state index in [4.69, 9.17) is 4.74 Å². The first-order valence-electron chi connectivity index (χ1n) is 11.7. The maximum Gasteiger partial charge on any atom is 0.0898 e. The van der Waals surface area contributed by atoms with Gasteiger partial charge in [-0.15, -0.1) is 0 Å². The van der Waals surface area contributed by atoms with Crippen LogP contribution in [0, 0.1) is 5.92 Å². The van der Waals surface area contributed by atoms with Gasteiger partial charge in [-0.05, 0) is 66.5 Å². The van der Waals surface area contributed by atoms with E-state index in [0.717, 1.165) is 30.4 Å². The molecule has 2 atom stereocenters. The van der Waals surface area contributed by atoms with Crippen molar-refractivity contribution in [3.63, 3.8) is 0 Å². The second-order valence-corrected chi connectivity index (χ2v) is 9.73. The summed E-state index contributed by atoms with van der Waals surface area (Å²) < 4.78 is 6.19. The van der Waals surface area contributed by atoms with Crippen LogP contribution in [-0.2, 0) is 17.8 Å². The molecule has 3 N–H and O–H groups in total. The Labute approximate surface area is 191 Å². The number of β-amino-alcohol motifs (C(OH)–C–C–N with tert-alkyl or cyclic N) is 1. The molecule has 0 heterocycles. The molecule has 170 valence electrons. The summed E-state index contributed by atoms with van der Waals surface area (Å²) in [4.78, 5) is 0. The lowest BCUT2D eigenvalue weighted by Gasteiger charge is -2.29. The average molecular weight is 434 g/mol.